The topological polar surface area (TPSA) is 135 Å². The minimum absolute atomic E-state index is 0.0103. The first-order valence-corrected chi connectivity index (χ1v) is 13.8. The molecule has 0 aliphatic heterocycles. The second kappa shape index (κ2) is 14.6. The van der Waals surface area contributed by atoms with E-state index in [1.807, 2.05) is 26.8 Å². The van der Waals surface area contributed by atoms with Crippen LogP contribution in [-0.4, -0.2) is 30.8 Å². The van der Waals surface area contributed by atoms with Gasteiger partial charge in [0.2, 0.25) is 0 Å². The number of Topliss-reactive ketones (excluding diaryl/α,β-unsaturated/α-hetero) is 1. The van der Waals surface area contributed by atoms with Crippen LogP contribution in [0.15, 0.2) is 20.9 Å². The maximum absolute atomic E-state index is 13.9. The van der Waals surface area contributed by atoms with Crippen LogP contribution in [0.25, 0.3) is 0 Å². The monoisotopic (exact) mass is 584 g/mol. The number of esters is 3. The molecule has 42 heavy (non-hydrogen) atoms. The van der Waals surface area contributed by atoms with Crippen LogP contribution in [0.2, 0.25) is 0 Å². The molecular formula is C32H40O10. The first kappa shape index (κ1) is 34.0. The minimum atomic E-state index is -0.769. The van der Waals surface area contributed by atoms with Crippen LogP contribution in [0.4, 0.5) is 0 Å². The Bertz CT molecular complexity index is 1470. The van der Waals surface area contributed by atoms with Crippen LogP contribution < -0.4 is 24.6 Å². The highest BCUT2D eigenvalue weighted by molar-refractivity contribution is 6.05. The second-order valence-corrected chi connectivity index (χ2v) is 10.2. The van der Waals surface area contributed by atoms with E-state index in [1.165, 1.54) is 27.9 Å². The third-order valence-corrected chi connectivity index (χ3v) is 6.68. The fraction of sp³-hybridized carbons (Fsp3) is 0.469. The number of benzene rings is 1. The highest BCUT2D eigenvalue weighted by Gasteiger charge is 2.34. The number of hydrogen-bond donors (Lipinski definition) is 0. The van der Waals surface area contributed by atoms with Gasteiger partial charge in [0.05, 0.1) is 12.7 Å². The van der Waals surface area contributed by atoms with E-state index in [2.05, 4.69) is 0 Å². The van der Waals surface area contributed by atoms with Gasteiger partial charge in [0.15, 0.2) is 11.5 Å². The molecule has 2 aromatic rings. The standard InChI is InChI=1S/C32H40O10/c1-11-17(5)27(36)26-30(38-10)23(15-24-28(39-19(7)33)18(6)25(12-2)42-32(24)37)29(40-20(8)34)22(14-13-16(3)4)31(26)41-21(9)35/h13,17H,11-12,14-15H2,1-10H3/t17-/m1/s1. The van der Waals surface area contributed by atoms with E-state index in [4.69, 9.17) is 23.4 Å². The zero-order chi connectivity index (χ0) is 31.9. The number of carbonyl (C=O) groups excluding carboxylic acids is 4. The van der Waals surface area contributed by atoms with Crippen LogP contribution in [0.3, 0.4) is 0 Å². The SMILES string of the molecule is CCc1oc(=O)c(Cc2c(OC(C)=O)c(CC=C(C)C)c(OC(C)=O)c(C(=O)[C@H](C)CC)c2OC)c(OC(C)=O)c1C. The summed E-state index contributed by atoms with van der Waals surface area (Å²) < 4.78 is 28.2. The van der Waals surface area contributed by atoms with Gasteiger partial charge in [0.1, 0.15) is 28.6 Å². The highest BCUT2D eigenvalue weighted by Crippen LogP contribution is 2.47. The van der Waals surface area contributed by atoms with Crippen LogP contribution >= 0.6 is 0 Å². The maximum Gasteiger partial charge on any atom is 0.343 e. The summed E-state index contributed by atoms with van der Waals surface area (Å²) in [6.07, 6.45) is 2.48. The van der Waals surface area contributed by atoms with E-state index in [-0.39, 0.29) is 63.9 Å². The first-order chi connectivity index (χ1) is 19.7. The molecule has 228 valence electrons. The summed E-state index contributed by atoms with van der Waals surface area (Å²) >= 11 is 0. The van der Waals surface area contributed by atoms with E-state index in [9.17, 15) is 24.0 Å². The predicted molar refractivity (Wildman–Crippen MR) is 156 cm³/mol. The molecule has 0 aliphatic carbocycles. The summed E-state index contributed by atoms with van der Waals surface area (Å²) in [6, 6.07) is 0. The van der Waals surface area contributed by atoms with Gasteiger partial charge in [0, 0.05) is 56.2 Å². The molecule has 0 N–H and O–H groups in total. The third kappa shape index (κ3) is 7.74. The van der Waals surface area contributed by atoms with Gasteiger partial charge >= 0.3 is 23.5 Å². The summed E-state index contributed by atoms with van der Waals surface area (Å²) in [4.78, 5) is 64.0. The Morgan fingerprint density at radius 1 is 0.810 bits per heavy atom. The van der Waals surface area contributed by atoms with E-state index >= 15 is 0 Å². The Labute approximate surface area is 246 Å². The van der Waals surface area contributed by atoms with Crippen molar-refractivity contribution in [2.24, 2.45) is 5.92 Å². The molecule has 2 rings (SSSR count). The predicted octanol–water partition coefficient (Wildman–Crippen LogP) is 5.62. The summed E-state index contributed by atoms with van der Waals surface area (Å²) in [5.74, 6) is -2.74. The van der Waals surface area contributed by atoms with Crippen molar-refractivity contribution < 1.29 is 42.5 Å². The number of ketones is 1. The molecule has 10 nitrogen and oxygen atoms in total. The fourth-order valence-corrected chi connectivity index (χ4v) is 4.49. The van der Waals surface area contributed by atoms with Gasteiger partial charge in [-0.3, -0.25) is 19.2 Å². The van der Waals surface area contributed by atoms with Gasteiger partial charge in [-0.1, -0.05) is 32.4 Å². The molecule has 0 radical (unpaired) electrons. The number of aryl methyl sites for hydroxylation is 1. The molecule has 0 spiro atoms. The quantitative estimate of drug-likeness (QED) is 0.134. The third-order valence-electron chi connectivity index (χ3n) is 6.68. The molecule has 0 fully saturated rings. The lowest BCUT2D eigenvalue weighted by molar-refractivity contribution is -0.133. The van der Waals surface area contributed by atoms with Crippen LogP contribution in [0, 0.1) is 12.8 Å². The number of ether oxygens (including phenoxy) is 4. The lowest BCUT2D eigenvalue weighted by Crippen LogP contribution is -2.21. The van der Waals surface area contributed by atoms with E-state index in [1.54, 1.807) is 20.8 Å². The van der Waals surface area contributed by atoms with Crippen LogP contribution in [-0.2, 0) is 33.6 Å². The van der Waals surface area contributed by atoms with Gasteiger partial charge in [-0.25, -0.2) is 4.79 Å². The average molecular weight is 585 g/mol. The number of rotatable bonds is 12. The van der Waals surface area contributed by atoms with Gasteiger partial charge in [-0.2, -0.15) is 0 Å². The molecule has 0 aliphatic rings. The lowest BCUT2D eigenvalue weighted by atomic mass is 9.88. The summed E-state index contributed by atoms with van der Waals surface area (Å²) in [6.45, 7) is 14.4. The van der Waals surface area contributed by atoms with Crippen molar-refractivity contribution in [2.45, 2.75) is 88.0 Å². The smallest absolute Gasteiger partial charge is 0.343 e. The van der Waals surface area contributed by atoms with Gasteiger partial charge in [-0.05, 0) is 33.6 Å². The Morgan fingerprint density at radius 2 is 1.36 bits per heavy atom. The number of hydrogen-bond acceptors (Lipinski definition) is 10. The van der Waals surface area contributed by atoms with E-state index in [0.717, 1.165) is 5.57 Å². The molecule has 1 aromatic heterocycles. The average Bonchev–Trinajstić information content (AvgIpc) is 2.90. The van der Waals surface area contributed by atoms with Crippen molar-refractivity contribution in [3.8, 4) is 23.0 Å². The van der Waals surface area contributed by atoms with Crippen molar-refractivity contribution >= 4 is 23.7 Å². The number of allylic oxidation sites excluding steroid dienone is 2. The molecule has 0 unspecified atom stereocenters. The van der Waals surface area contributed by atoms with E-state index < -0.39 is 29.5 Å². The van der Waals surface area contributed by atoms with Crippen molar-refractivity contribution in [1.82, 2.24) is 0 Å². The molecular weight excluding hydrogens is 544 g/mol. The Kier molecular flexibility index (Phi) is 11.8. The van der Waals surface area contributed by atoms with Crippen molar-refractivity contribution in [3.63, 3.8) is 0 Å². The molecule has 1 heterocycles. The Balaban J connectivity index is 3.22. The molecule has 0 bridgehead atoms. The molecule has 1 atom stereocenters. The minimum Gasteiger partial charge on any atom is -0.495 e. The van der Waals surface area contributed by atoms with Gasteiger partial charge in [-0.15, -0.1) is 0 Å². The van der Waals surface area contributed by atoms with Crippen LogP contribution in [0.5, 0.6) is 23.0 Å². The molecule has 0 saturated carbocycles. The second-order valence-electron chi connectivity index (χ2n) is 10.2. The van der Waals surface area contributed by atoms with Crippen molar-refractivity contribution in [2.75, 3.05) is 7.11 Å². The molecule has 1 aromatic carbocycles. The highest BCUT2D eigenvalue weighted by atomic mass is 16.6. The normalized spacial score (nSPS) is 11.4. The Hall–Kier alpha value is -4.21. The maximum atomic E-state index is 13.9. The Morgan fingerprint density at radius 3 is 1.83 bits per heavy atom. The molecule has 10 heteroatoms. The molecule has 0 amide bonds. The summed E-state index contributed by atoms with van der Waals surface area (Å²) in [5.41, 5.74) is 0.920. The largest absolute Gasteiger partial charge is 0.495 e. The fourth-order valence-electron chi connectivity index (χ4n) is 4.49. The zero-order valence-electron chi connectivity index (χ0n) is 26.1. The van der Waals surface area contributed by atoms with Crippen molar-refractivity contribution in [1.29, 1.82) is 0 Å². The first-order valence-electron chi connectivity index (χ1n) is 13.8. The van der Waals surface area contributed by atoms with Crippen LogP contribution in [0.1, 0.15) is 100 Å². The van der Waals surface area contributed by atoms with Gasteiger partial charge in [0.25, 0.3) is 0 Å². The number of carbonyl (C=O) groups is 4. The summed E-state index contributed by atoms with van der Waals surface area (Å²) in [5, 5.41) is 0. The van der Waals surface area contributed by atoms with Gasteiger partial charge < -0.3 is 23.4 Å². The van der Waals surface area contributed by atoms with Crippen molar-refractivity contribution in [3.05, 3.63) is 55.6 Å². The lowest BCUT2D eigenvalue weighted by Gasteiger charge is -2.25. The number of methoxy groups -OCH3 is 1. The zero-order valence-corrected chi connectivity index (χ0v) is 26.1. The van der Waals surface area contributed by atoms with E-state index in [0.29, 0.717) is 24.2 Å². The molecule has 0 saturated heterocycles. The summed E-state index contributed by atoms with van der Waals surface area (Å²) in [7, 11) is 1.32.